The van der Waals surface area contributed by atoms with Crippen molar-refractivity contribution in [2.24, 2.45) is 0 Å². The van der Waals surface area contributed by atoms with Gasteiger partial charge in [0.1, 0.15) is 17.1 Å². The Kier molecular flexibility index (Phi) is 9.11. The van der Waals surface area contributed by atoms with Gasteiger partial charge in [-0.05, 0) is 52.1 Å². The van der Waals surface area contributed by atoms with Crippen LogP contribution in [-0.4, -0.2) is 27.0 Å². The number of rotatable bonds is 6. The first-order chi connectivity index (χ1) is 14.0. The van der Waals surface area contributed by atoms with E-state index in [0.29, 0.717) is 22.9 Å². The van der Waals surface area contributed by atoms with Gasteiger partial charge in [-0.2, -0.15) is 0 Å². The third-order valence-electron chi connectivity index (χ3n) is 3.76. The number of hydrogen-bond acceptors (Lipinski definition) is 5. The van der Waals surface area contributed by atoms with Crippen molar-refractivity contribution in [2.45, 2.75) is 60.0 Å². The van der Waals surface area contributed by atoms with Crippen molar-refractivity contribution in [1.29, 1.82) is 5.41 Å². The monoisotopic (exact) mass is 415 g/mol. The Bertz CT molecular complexity index is 933. The fraction of sp³-hybridized carbons (Fsp3) is 0.409. The maximum atomic E-state index is 12.4. The van der Waals surface area contributed by atoms with Crippen molar-refractivity contribution < 1.29 is 9.53 Å². The van der Waals surface area contributed by atoms with Gasteiger partial charge in [0.05, 0.1) is 11.4 Å². The molecule has 1 aromatic heterocycles. The van der Waals surface area contributed by atoms with Crippen LogP contribution in [0.3, 0.4) is 0 Å². The third kappa shape index (κ3) is 7.27. The van der Waals surface area contributed by atoms with Crippen LogP contribution in [0, 0.1) is 5.41 Å². The Morgan fingerprint density at radius 2 is 1.93 bits per heavy atom. The molecule has 0 saturated carbocycles. The second-order valence-corrected chi connectivity index (χ2v) is 7.64. The number of amides is 1. The zero-order valence-electron chi connectivity index (χ0n) is 18.7. The first-order valence-corrected chi connectivity index (χ1v) is 9.92. The minimum atomic E-state index is -0.614. The van der Waals surface area contributed by atoms with Crippen LogP contribution in [0.1, 0.15) is 60.1 Å². The molecule has 0 bridgehead atoms. The molecule has 8 heteroatoms. The number of carbonyl (C=O) groups excluding carboxylic acids is 1. The van der Waals surface area contributed by atoms with Crippen LogP contribution in [0.4, 0.5) is 16.3 Å². The molecule has 4 N–H and O–H groups in total. The molecule has 164 valence electrons. The number of unbranched alkanes of at least 4 members (excludes halogenated alkanes) is 1. The predicted molar refractivity (Wildman–Crippen MR) is 123 cm³/mol. The molecule has 0 aliphatic rings. The number of aromatic nitrogens is 2. The predicted octanol–water partition coefficient (Wildman–Crippen LogP) is 5.26. The van der Waals surface area contributed by atoms with Crippen molar-refractivity contribution in [3.8, 4) is 5.69 Å². The zero-order chi connectivity index (χ0) is 22.9. The zero-order valence-corrected chi connectivity index (χ0v) is 18.7. The summed E-state index contributed by atoms with van der Waals surface area (Å²) in [4.78, 5) is 27.0. The number of anilines is 2. The van der Waals surface area contributed by atoms with Gasteiger partial charge in [-0.25, -0.2) is 14.2 Å². The van der Waals surface area contributed by atoms with Gasteiger partial charge in [0.25, 0.3) is 0 Å². The Morgan fingerprint density at radius 3 is 2.43 bits per heavy atom. The number of hydrogen-bond donors (Lipinski definition) is 4. The highest BCUT2D eigenvalue weighted by molar-refractivity contribution is 5.99. The molecule has 1 amide bonds. The number of nitrogens with one attached hydrogen (secondary N) is 4. The van der Waals surface area contributed by atoms with E-state index in [4.69, 9.17) is 10.1 Å². The fourth-order valence-electron chi connectivity index (χ4n) is 2.33. The van der Waals surface area contributed by atoms with Crippen LogP contribution in [0.25, 0.3) is 5.69 Å². The summed E-state index contributed by atoms with van der Waals surface area (Å²) >= 11 is 0. The van der Waals surface area contributed by atoms with Crippen LogP contribution < -0.4 is 16.3 Å². The van der Waals surface area contributed by atoms with Crippen molar-refractivity contribution in [3.05, 3.63) is 53.2 Å². The van der Waals surface area contributed by atoms with Gasteiger partial charge in [-0.1, -0.05) is 39.3 Å². The molecule has 0 fully saturated rings. The number of nitrogens with zero attached hydrogens (tertiary/aromatic N) is 1. The fourth-order valence-corrected chi connectivity index (χ4v) is 2.33. The molecule has 0 saturated heterocycles. The van der Waals surface area contributed by atoms with Crippen molar-refractivity contribution in [2.75, 3.05) is 10.6 Å². The first kappa shape index (κ1) is 24.7. The molecule has 0 aliphatic heterocycles. The molecule has 1 heterocycles. The summed E-state index contributed by atoms with van der Waals surface area (Å²) in [6.45, 7) is 14.9. The Balaban J connectivity index is 0.00000103. The normalized spacial score (nSPS) is 10.5. The highest BCUT2D eigenvalue weighted by Crippen LogP contribution is 2.21. The second-order valence-electron chi connectivity index (χ2n) is 7.64. The van der Waals surface area contributed by atoms with E-state index in [1.165, 1.54) is 23.6 Å². The summed E-state index contributed by atoms with van der Waals surface area (Å²) in [5.41, 5.74) is 0.523. The lowest BCUT2D eigenvalue weighted by atomic mass is 10.2. The van der Waals surface area contributed by atoms with E-state index in [0.717, 1.165) is 0 Å². The van der Waals surface area contributed by atoms with Crippen LogP contribution in [0.2, 0.25) is 0 Å². The Hall–Kier alpha value is -3.29. The molecule has 0 aliphatic carbocycles. The van der Waals surface area contributed by atoms with E-state index in [2.05, 4.69) is 36.0 Å². The maximum Gasteiger partial charge on any atom is 0.412 e. The van der Waals surface area contributed by atoms with E-state index in [-0.39, 0.29) is 5.71 Å². The summed E-state index contributed by atoms with van der Waals surface area (Å²) in [6.07, 6.45) is 3.48. The van der Waals surface area contributed by atoms with Gasteiger partial charge in [0, 0.05) is 5.69 Å². The molecule has 30 heavy (non-hydrogen) atoms. The highest BCUT2D eigenvalue weighted by atomic mass is 16.6. The average molecular weight is 416 g/mol. The number of H-pyrrole nitrogens is 1. The van der Waals surface area contributed by atoms with Gasteiger partial charge < -0.3 is 20.4 Å². The largest absolute Gasteiger partial charge is 0.444 e. The number of ether oxygens (including phenoxy) is 1. The van der Waals surface area contributed by atoms with Crippen molar-refractivity contribution >= 4 is 23.3 Å². The van der Waals surface area contributed by atoms with Crippen LogP contribution in [-0.2, 0) is 4.74 Å². The van der Waals surface area contributed by atoms with Crippen LogP contribution in [0.15, 0.2) is 41.8 Å². The number of benzene rings is 1. The average Bonchev–Trinajstić information content (AvgIpc) is 2.97. The van der Waals surface area contributed by atoms with Gasteiger partial charge in [-0.3, -0.25) is 5.32 Å². The number of imidazole rings is 1. The molecule has 2 rings (SSSR count). The molecule has 8 nitrogen and oxygen atoms in total. The molecule has 2 aromatic rings. The van der Waals surface area contributed by atoms with Crippen LogP contribution in [0.5, 0.6) is 0 Å². The lowest BCUT2D eigenvalue weighted by Crippen LogP contribution is -2.27. The van der Waals surface area contributed by atoms with Crippen LogP contribution >= 0.6 is 0 Å². The maximum absolute atomic E-state index is 12.4. The summed E-state index contributed by atoms with van der Waals surface area (Å²) in [7, 11) is 0. The number of aromatic amines is 1. The summed E-state index contributed by atoms with van der Waals surface area (Å²) in [5, 5.41) is 13.3. The Labute approximate surface area is 177 Å². The number of carbonyl (C=O) groups is 1. The van der Waals surface area contributed by atoms with E-state index in [1.807, 2.05) is 0 Å². The highest BCUT2D eigenvalue weighted by Gasteiger charge is 2.18. The lowest BCUT2D eigenvalue weighted by Gasteiger charge is -2.19. The molecular formula is C22H33N5O3. The summed E-state index contributed by atoms with van der Waals surface area (Å²) in [6, 6.07) is 6.74. The minimum absolute atomic E-state index is 0.202. The summed E-state index contributed by atoms with van der Waals surface area (Å²) in [5.74, 6) is 0.395. The molecule has 1 aromatic carbocycles. The second kappa shape index (κ2) is 11.0. The van der Waals surface area contributed by atoms with E-state index < -0.39 is 17.4 Å². The minimum Gasteiger partial charge on any atom is -0.444 e. The topological polar surface area (TPSA) is 112 Å². The smallest absolute Gasteiger partial charge is 0.412 e. The first-order valence-electron chi connectivity index (χ1n) is 9.92. The molecule has 0 atom stereocenters. The Morgan fingerprint density at radius 1 is 1.30 bits per heavy atom. The molecule has 0 radical (unpaired) electrons. The van der Waals surface area contributed by atoms with E-state index in [1.54, 1.807) is 52.0 Å². The van der Waals surface area contributed by atoms with Gasteiger partial charge >= 0.3 is 11.8 Å². The SMILES string of the molecule is C=CNc1c(C(C)=N)[nH]c(=O)n1-c1cccc(NC(=O)OC(C)(C)C)c1.CCCC. The molecule has 0 unspecified atom stereocenters. The molecular weight excluding hydrogens is 382 g/mol. The van der Waals surface area contributed by atoms with E-state index >= 15 is 0 Å². The van der Waals surface area contributed by atoms with Gasteiger partial charge in [-0.15, -0.1) is 0 Å². The third-order valence-corrected chi connectivity index (χ3v) is 3.76. The van der Waals surface area contributed by atoms with Gasteiger partial charge in [0.15, 0.2) is 0 Å². The lowest BCUT2D eigenvalue weighted by molar-refractivity contribution is 0.0636. The quantitative estimate of drug-likeness (QED) is 0.482. The van der Waals surface area contributed by atoms with Gasteiger partial charge in [0.2, 0.25) is 0 Å². The standard InChI is InChI=1S/C18H23N5O3.C4H10/c1-6-20-15-14(11(2)19)22-16(24)23(15)13-9-7-8-12(10-13)21-17(25)26-18(3,4)5;1-3-4-2/h6-10,19-20H,1H2,2-5H3,(H,21,25)(H,22,24);3-4H2,1-2H3. The van der Waals surface area contributed by atoms with E-state index in [9.17, 15) is 9.59 Å². The molecule has 0 spiro atoms. The van der Waals surface area contributed by atoms with Crippen molar-refractivity contribution in [1.82, 2.24) is 9.55 Å². The summed E-state index contributed by atoms with van der Waals surface area (Å²) < 4.78 is 6.60. The van der Waals surface area contributed by atoms with Crippen molar-refractivity contribution in [3.63, 3.8) is 0 Å².